The highest BCUT2D eigenvalue weighted by Crippen LogP contribution is 2.31. The van der Waals surface area contributed by atoms with Gasteiger partial charge in [0.25, 0.3) is 11.8 Å². The molecule has 0 radical (unpaired) electrons. The second kappa shape index (κ2) is 12.0. The molecule has 1 fully saturated rings. The summed E-state index contributed by atoms with van der Waals surface area (Å²) in [6, 6.07) is 6.38. The largest absolute Gasteiger partial charge is 0.491 e. The minimum atomic E-state index is -0.858. The summed E-state index contributed by atoms with van der Waals surface area (Å²) < 4.78 is 10.5. The molecule has 3 heterocycles. The number of likely N-dealkylation sites (tertiary alicyclic amines) is 1. The number of nitrogens with zero attached hydrogens (tertiary/aromatic N) is 3. The van der Waals surface area contributed by atoms with Gasteiger partial charge in [-0.3, -0.25) is 9.59 Å². The van der Waals surface area contributed by atoms with E-state index in [9.17, 15) is 14.4 Å². The van der Waals surface area contributed by atoms with Crippen LogP contribution in [0.25, 0.3) is 0 Å². The fourth-order valence-corrected chi connectivity index (χ4v) is 5.20. The van der Waals surface area contributed by atoms with E-state index < -0.39 is 17.9 Å². The van der Waals surface area contributed by atoms with Crippen LogP contribution in [0.5, 0.6) is 5.75 Å². The van der Waals surface area contributed by atoms with E-state index in [-0.39, 0.29) is 30.0 Å². The lowest BCUT2D eigenvalue weighted by atomic mass is 9.97. The van der Waals surface area contributed by atoms with Crippen molar-refractivity contribution in [3.8, 4) is 5.75 Å². The molecule has 1 saturated heterocycles. The average molecular weight is 526 g/mol. The van der Waals surface area contributed by atoms with Gasteiger partial charge in [-0.25, -0.2) is 14.8 Å². The number of nitrogens with one attached hydrogen (secondary N) is 2. The Morgan fingerprint density at radius 1 is 1.19 bits per heavy atom. The molecule has 3 aromatic rings. The molecular formula is C26H31N5O5S. The maximum absolute atomic E-state index is 12.9. The maximum Gasteiger partial charge on any atom is 0.328 e. The van der Waals surface area contributed by atoms with Crippen LogP contribution in [-0.4, -0.2) is 70.0 Å². The Bertz CT molecular complexity index is 1200. The van der Waals surface area contributed by atoms with Gasteiger partial charge in [0.15, 0.2) is 0 Å². The number of carbonyl (C=O) groups is 3. The number of hydrogen-bond acceptors (Lipinski definition) is 8. The summed E-state index contributed by atoms with van der Waals surface area (Å²) in [5.74, 6) is -0.0702. The van der Waals surface area contributed by atoms with Crippen LogP contribution in [0.4, 0.5) is 0 Å². The van der Waals surface area contributed by atoms with E-state index in [0.717, 1.165) is 23.6 Å². The summed E-state index contributed by atoms with van der Waals surface area (Å²) in [5, 5.41) is 5.27. The summed E-state index contributed by atoms with van der Waals surface area (Å²) >= 11 is 1.42. The lowest BCUT2D eigenvalue weighted by Crippen LogP contribution is -2.43. The van der Waals surface area contributed by atoms with Gasteiger partial charge in [0.05, 0.1) is 24.5 Å². The second-order valence-corrected chi connectivity index (χ2v) is 10.0. The summed E-state index contributed by atoms with van der Waals surface area (Å²) in [6.45, 7) is 5.15. The lowest BCUT2D eigenvalue weighted by molar-refractivity contribution is -0.142. The summed E-state index contributed by atoms with van der Waals surface area (Å²) in [5.41, 5.74) is 1.61. The predicted molar refractivity (Wildman–Crippen MR) is 138 cm³/mol. The molecule has 1 aliphatic rings. The number of aromatic nitrogens is 3. The molecule has 1 aromatic carbocycles. The van der Waals surface area contributed by atoms with Crippen LogP contribution >= 0.6 is 11.3 Å². The normalized spacial score (nSPS) is 14.9. The first kappa shape index (κ1) is 26.3. The zero-order chi connectivity index (χ0) is 26.4. The predicted octanol–water partition coefficient (Wildman–Crippen LogP) is 3.19. The minimum Gasteiger partial charge on any atom is -0.491 e. The van der Waals surface area contributed by atoms with Crippen molar-refractivity contribution in [2.24, 2.45) is 0 Å². The third-order valence-electron chi connectivity index (χ3n) is 6.13. The highest BCUT2D eigenvalue weighted by molar-refractivity contribution is 7.09. The molecule has 196 valence electrons. The Morgan fingerprint density at radius 2 is 1.92 bits per heavy atom. The van der Waals surface area contributed by atoms with Crippen molar-refractivity contribution in [1.29, 1.82) is 0 Å². The topological polar surface area (TPSA) is 127 Å². The van der Waals surface area contributed by atoms with E-state index in [4.69, 9.17) is 9.47 Å². The molecule has 2 amide bonds. The number of rotatable bonds is 9. The Morgan fingerprint density at radius 3 is 2.54 bits per heavy atom. The number of aromatic amines is 1. The molecule has 4 rings (SSSR count). The Balaban J connectivity index is 1.32. The molecule has 0 bridgehead atoms. The van der Waals surface area contributed by atoms with Gasteiger partial charge in [0.1, 0.15) is 17.5 Å². The van der Waals surface area contributed by atoms with Gasteiger partial charge in [-0.05, 0) is 51.0 Å². The van der Waals surface area contributed by atoms with Gasteiger partial charge in [0, 0.05) is 48.3 Å². The Kier molecular flexibility index (Phi) is 8.54. The third-order valence-corrected chi connectivity index (χ3v) is 7.14. The number of benzene rings is 1. The van der Waals surface area contributed by atoms with Crippen molar-refractivity contribution in [3.05, 3.63) is 64.1 Å². The quantitative estimate of drug-likeness (QED) is 0.411. The van der Waals surface area contributed by atoms with Crippen molar-refractivity contribution in [1.82, 2.24) is 25.2 Å². The molecule has 2 aromatic heterocycles. The van der Waals surface area contributed by atoms with Gasteiger partial charge >= 0.3 is 5.97 Å². The summed E-state index contributed by atoms with van der Waals surface area (Å²) in [6.07, 6.45) is 4.94. The Labute approximate surface area is 219 Å². The highest BCUT2D eigenvalue weighted by Gasteiger charge is 2.28. The van der Waals surface area contributed by atoms with Gasteiger partial charge in [-0.15, -0.1) is 11.3 Å². The van der Waals surface area contributed by atoms with Crippen molar-refractivity contribution < 1.29 is 23.9 Å². The van der Waals surface area contributed by atoms with Crippen LogP contribution in [0.1, 0.15) is 64.2 Å². The summed E-state index contributed by atoms with van der Waals surface area (Å²) in [7, 11) is 1.28. The van der Waals surface area contributed by atoms with Crippen LogP contribution in [-0.2, 0) is 16.0 Å². The second-order valence-electron chi connectivity index (χ2n) is 9.16. The number of carbonyl (C=O) groups excluding carboxylic acids is 3. The molecule has 0 aliphatic carbocycles. The minimum absolute atomic E-state index is 0.000119. The molecule has 0 spiro atoms. The number of esters is 1. The van der Waals surface area contributed by atoms with Crippen molar-refractivity contribution in [3.63, 3.8) is 0 Å². The van der Waals surface area contributed by atoms with E-state index in [1.165, 1.54) is 24.8 Å². The molecule has 1 aliphatic heterocycles. The molecule has 11 heteroatoms. The number of imidazole rings is 1. The fraction of sp³-hybridized carbons (Fsp3) is 0.423. The van der Waals surface area contributed by atoms with Gasteiger partial charge in [0.2, 0.25) is 0 Å². The SMILES string of the molecule is COC(=O)C(Cc1cnc[nH]1)NC(=O)c1csc(C2CCN(C(=O)c3ccc(OC(C)C)cc3)CC2)n1. The van der Waals surface area contributed by atoms with E-state index in [2.05, 4.69) is 20.3 Å². The van der Waals surface area contributed by atoms with Gasteiger partial charge < -0.3 is 24.7 Å². The molecule has 10 nitrogen and oxygen atoms in total. The number of hydrogen-bond donors (Lipinski definition) is 2. The first-order chi connectivity index (χ1) is 17.8. The zero-order valence-electron chi connectivity index (χ0n) is 21.1. The number of piperidine rings is 1. The standard InChI is InChI=1S/C26H31N5O5S/c1-16(2)36-20-6-4-18(5-7-20)25(33)31-10-8-17(9-11-31)24-30-22(14-37-24)23(32)29-21(26(34)35-3)12-19-13-27-15-28-19/h4-7,13-17,21H,8-12H2,1-3H3,(H,27,28)(H,29,32). The smallest absolute Gasteiger partial charge is 0.328 e. The van der Waals surface area contributed by atoms with Gasteiger partial charge in [-0.2, -0.15) is 0 Å². The van der Waals surface area contributed by atoms with Crippen LogP contribution < -0.4 is 10.1 Å². The third kappa shape index (κ3) is 6.73. The maximum atomic E-state index is 12.9. The van der Waals surface area contributed by atoms with Crippen LogP contribution in [0.2, 0.25) is 0 Å². The molecule has 0 saturated carbocycles. The van der Waals surface area contributed by atoms with Crippen molar-refractivity contribution in [2.75, 3.05) is 20.2 Å². The van der Waals surface area contributed by atoms with Crippen LogP contribution in [0.3, 0.4) is 0 Å². The van der Waals surface area contributed by atoms with Crippen molar-refractivity contribution >= 4 is 29.1 Å². The first-order valence-electron chi connectivity index (χ1n) is 12.2. The monoisotopic (exact) mass is 525 g/mol. The number of H-pyrrole nitrogens is 1. The number of amides is 2. The van der Waals surface area contributed by atoms with E-state index >= 15 is 0 Å². The lowest BCUT2D eigenvalue weighted by Gasteiger charge is -2.31. The number of ether oxygens (including phenoxy) is 2. The highest BCUT2D eigenvalue weighted by atomic mass is 32.1. The molecule has 1 unspecified atom stereocenters. The van der Waals surface area contributed by atoms with Crippen LogP contribution in [0.15, 0.2) is 42.2 Å². The van der Waals surface area contributed by atoms with Gasteiger partial charge in [-0.1, -0.05) is 0 Å². The molecule has 1 atom stereocenters. The van der Waals surface area contributed by atoms with E-state index in [1.54, 1.807) is 23.7 Å². The fourth-order valence-electron chi connectivity index (χ4n) is 4.22. The first-order valence-corrected chi connectivity index (χ1v) is 13.1. The number of thiazole rings is 1. The Hall–Kier alpha value is -3.73. The van der Waals surface area contributed by atoms with E-state index in [0.29, 0.717) is 24.3 Å². The van der Waals surface area contributed by atoms with Crippen LogP contribution in [0, 0.1) is 0 Å². The molecule has 2 N–H and O–H groups in total. The summed E-state index contributed by atoms with van der Waals surface area (Å²) in [4.78, 5) is 51.2. The molecule has 37 heavy (non-hydrogen) atoms. The average Bonchev–Trinajstić information content (AvgIpc) is 3.60. The zero-order valence-corrected chi connectivity index (χ0v) is 21.9. The molecular weight excluding hydrogens is 494 g/mol. The van der Waals surface area contributed by atoms with E-state index in [1.807, 2.05) is 30.9 Å². The van der Waals surface area contributed by atoms with Crippen molar-refractivity contribution in [2.45, 2.75) is 51.2 Å². The number of methoxy groups -OCH3 is 1.